The maximum Gasteiger partial charge on any atom is 0.118 e. The van der Waals surface area contributed by atoms with Gasteiger partial charge in [-0.3, -0.25) is 5.43 Å². The summed E-state index contributed by atoms with van der Waals surface area (Å²) in [5.41, 5.74) is 7.76. The summed E-state index contributed by atoms with van der Waals surface area (Å²) >= 11 is 5.97. The molecule has 0 radical (unpaired) electrons. The normalized spacial score (nSPS) is 11.3. The van der Waals surface area contributed by atoms with Gasteiger partial charge in [0, 0.05) is 26.9 Å². The molecule has 0 unspecified atom stereocenters. The Hall–Kier alpha value is -3.89. The van der Waals surface area contributed by atoms with E-state index in [-0.39, 0.29) is 0 Å². The third kappa shape index (κ3) is 4.01. The van der Waals surface area contributed by atoms with Crippen LogP contribution in [0.15, 0.2) is 96.1 Å². The first-order valence-corrected chi connectivity index (χ1v) is 10.6. The molecule has 0 bridgehead atoms. The minimum atomic E-state index is 0.690. The van der Waals surface area contributed by atoms with Crippen molar-refractivity contribution in [1.29, 1.82) is 0 Å². The fourth-order valence-electron chi connectivity index (χ4n) is 3.70. The van der Waals surface area contributed by atoms with Gasteiger partial charge in [0.2, 0.25) is 0 Å². The van der Waals surface area contributed by atoms with Crippen LogP contribution in [0.25, 0.3) is 32.9 Å². The van der Waals surface area contributed by atoms with Crippen LogP contribution in [0.3, 0.4) is 0 Å². The van der Waals surface area contributed by atoms with Gasteiger partial charge in [-0.25, -0.2) is 4.98 Å². The van der Waals surface area contributed by atoms with E-state index in [1.54, 1.807) is 7.11 Å². The molecule has 0 aliphatic heterocycles. The summed E-state index contributed by atoms with van der Waals surface area (Å²) in [7, 11) is 1.66. The average Bonchev–Trinajstić information content (AvgIpc) is 2.85. The van der Waals surface area contributed by atoms with Crippen molar-refractivity contribution >= 4 is 45.2 Å². The minimum Gasteiger partial charge on any atom is -0.497 e. The van der Waals surface area contributed by atoms with E-state index in [9.17, 15) is 0 Å². The molecule has 0 amide bonds. The molecule has 0 aliphatic rings. The molecule has 4 nitrogen and oxygen atoms in total. The van der Waals surface area contributed by atoms with Crippen molar-refractivity contribution in [1.82, 2.24) is 4.98 Å². The molecule has 156 valence electrons. The zero-order chi connectivity index (χ0) is 21.9. The van der Waals surface area contributed by atoms with E-state index in [1.807, 2.05) is 66.9 Å². The summed E-state index contributed by atoms with van der Waals surface area (Å²) in [6.45, 7) is 0. The number of pyridine rings is 1. The van der Waals surface area contributed by atoms with Crippen molar-refractivity contribution < 1.29 is 4.74 Å². The van der Waals surface area contributed by atoms with E-state index in [0.29, 0.717) is 5.02 Å². The second kappa shape index (κ2) is 8.69. The van der Waals surface area contributed by atoms with Crippen LogP contribution < -0.4 is 10.2 Å². The van der Waals surface area contributed by atoms with Crippen LogP contribution in [0.5, 0.6) is 5.75 Å². The van der Waals surface area contributed by atoms with Crippen molar-refractivity contribution in [3.63, 3.8) is 0 Å². The lowest BCUT2D eigenvalue weighted by atomic mass is 10.0. The van der Waals surface area contributed by atoms with Gasteiger partial charge < -0.3 is 4.74 Å². The highest BCUT2D eigenvalue weighted by atomic mass is 35.5. The minimum absolute atomic E-state index is 0.690. The second-order valence-electron chi connectivity index (χ2n) is 7.38. The number of ether oxygens (including phenoxy) is 1. The number of hydrogen-bond acceptors (Lipinski definition) is 4. The lowest BCUT2D eigenvalue weighted by Gasteiger charge is -2.10. The molecule has 0 spiro atoms. The number of aromatic nitrogens is 1. The molecular weight excluding hydrogens is 418 g/mol. The van der Waals surface area contributed by atoms with Crippen molar-refractivity contribution in [3.8, 4) is 17.0 Å². The Kier molecular flexibility index (Phi) is 5.44. The Morgan fingerprint density at radius 3 is 2.44 bits per heavy atom. The van der Waals surface area contributed by atoms with Crippen LogP contribution in [0.4, 0.5) is 5.69 Å². The van der Waals surface area contributed by atoms with Gasteiger partial charge in [0.1, 0.15) is 5.75 Å². The number of methoxy groups -OCH3 is 1. The zero-order valence-corrected chi connectivity index (χ0v) is 18.2. The molecule has 1 N–H and O–H groups in total. The molecule has 0 saturated heterocycles. The van der Waals surface area contributed by atoms with E-state index in [1.165, 1.54) is 0 Å². The molecule has 1 aromatic heterocycles. The number of halogens is 1. The summed E-state index contributed by atoms with van der Waals surface area (Å²) in [5.74, 6) is 0.814. The first-order valence-electron chi connectivity index (χ1n) is 10.2. The number of benzene rings is 4. The molecule has 32 heavy (non-hydrogen) atoms. The number of nitrogens with one attached hydrogen (secondary N) is 1. The SMILES string of the molecule is COc1ccc(-c2cc(/C=N/Nc3ccc(Cl)cc3)c3ccc4ccccc4c3n2)cc1. The van der Waals surface area contributed by atoms with E-state index >= 15 is 0 Å². The molecule has 5 rings (SSSR count). The van der Waals surface area contributed by atoms with Gasteiger partial charge in [-0.15, -0.1) is 0 Å². The molecule has 4 aromatic carbocycles. The number of nitrogens with zero attached hydrogens (tertiary/aromatic N) is 2. The highest BCUT2D eigenvalue weighted by Gasteiger charge is 2.10. The molecular formula is C27H20ClN3O. The van der Waals surface area contributed by atoms with E-state index in [4.69, 9.17) is 21.3 Å². The van der Waals surface area contributed by atoms with Crippen molar-refractivity contribution in [2.24, 2.45) is 5.10 Å². The number of hydrogen-bond donors (Lipinski definition) is 1. The molecule has 5 heteroatoms. The Labute approximate surface area is 191 Å². The predicted octanol–water partition coefficient (Wildman–Crippen LogP) is 7.16. The first-order chi connectivity index (χ1) is 15.7. The van der Waals surface area contributed by atoms with Crippen LogP contribution >= 0.6 is 11.6 Å². The molecule has 0 fully saturated rings. The summed E-state index contributed by atoms with van der Waals surface area (Å²) in [6.07, 6.45) is 1.83. The third-order valence-electron chi connectivity index (χ3n) is 5.36. The maximum absolute atomic E-state index is 5.97. The van der Waals surface area contributed by atoms with E-state index in [0.717, 1.165) is 49.9 Å². The molecule has 0 atom stereocenters. The van der Waals surface area contributed by atoms with Crippen LogP contribution in [0, 0.1) is 0 Å². The quantitative estimate of drug-likeness (QED) is 0.180. The third-order valence-corrected chi connectivity index (χ3v) is 5.62. The Balaban J connectivity index is 1.63. The maximum atomic E-state index is 5.97. The molecule has 0 aliphatic carbocycles. The molecule has 1 heterocycles. The lowest BCUT2D eigenvalue weighted by Crippen LogP contribution is -1.95. The van der Waals surface area contributed by atoms with Crippen LogP contribution in [0.2, 0.25) is 5.02 Å². The van der Waals surface area contributed by atoms with Crippen molar-refractivity contribution in [3.05, 3.63) is 102 Å². The van der Waals surface area contributed by atoms with Crippen LogP contribution in [-0.4, -0.2) is 18.3 Å². The fourth-order valence-corrected chi connectivity index (χ4v) is 3.83. The zero-order valence-electron chi connectivity index (χ0n) is 17.4. The Bertz CT molecular complexity index is 1430. The number of hydrazone groups is 1. The topological polar surface area (TPSA) is 46.5 Å². The lowest BCUT2D eigenvalue weighted by molar-refractivity contribution is 0.415. The van der Waals surface area contributed by atoms with Gasteiger partial charge in [0.25, 0.3) is 0 Å². The second-order valence-corrected chi connectivity index (χ2v) is 7.82. The number of rotatable bonds is 5. The highest BCUT2D eigenvalue weighted by Crippen LogP contribution is 2.30. The number of anilines is 1. The van der Waals surface area contributed by atoms with Gasteiger partial charge in [-0.05, 0) is 60.0 Å². The van der Waals surface area contributed by atoms with Gasteiger partial charge in [-0.1, -0.05) is 48.0 Å². The number of fused-ring (bicyclic) bond motifs is 3. The standard InChI is InChI=1S/C27H20ClN3O/c1-32-23-13-6-19(7-14-23)26-16-20(17-29-31-22-11-9-21(28)10-12-22)25-15-8-18-4-2-3-5-24(18)27(25)30-26/h2-17,31H,1H3/b29-17+. The summed E-state index contributed by atoms with van der Waals surface area (Å²) < 4.78 is 5.30. The fraction of sp³-hybridized carbons (Fsp3) is 0.0370. The van der Waals surface area contributed by atoms with Gasteiger partial charge in [0.05, 0.1) is 30.2 Å². The largest absolute Gasteiger partial charge is 0.497 e. The Morgan fingerprint density at radius 2 is 1.66 bits per heavy atom. The molecule has 5 aromatic rings. The average molecular weight is 438 g/mol. The summed E-state index contributed by atoms with van der Waals surface area (Å²) in [4.78, 5) is 5.03. The van der Waals surface area contributed by atoms with Crippen molar-refractivity contribution in [2.75, 3.05) is 12.5 Å². The summed E-state index contributed by atoms with van der Waals surface area (Å²) in [6, 6.07) is 29.9. The van der Waals surface area contributed by atoms with Gasteiger partial charge in [0.15, 0.2) is 0 Å². The van der Waals surface area contributed by atoms with E-state index < -0.39 is 0 Å². The van der Waals surface area contributed by atoms with Gasteiger partial charge >= 0.3 is 0 Å². The monoisotopic (exact) mass is 437 g/mol. The van der Waals surface area contributed by atoms with Crippen LogP contribution in [-0.2, 0) is 0 Å². The van der Waals surface area contributed by atoms with Crippen molar-refractivity contribution in [2.45, 2.75) is 0 Å². The summed E-state index contributed by atoms with van der Waals surface area (Å²) in [5, 5.41) is 8.47. The van der Waals surface area contributed by atoms with Crippen LogP contribution in [0.1, 0.15) is 5.56 Å². The predicted molar refractivity (Wildman–Crippen MR) is 134 cm³/mol. The van der Waals surface area contributed by atoms with Gasteiger partial charge in [-0.2, -0.15) is 5.10 Å². The molecule has 0 saturated carbocycles. The highest BCUT2D eigenvalue weighted by molar-refractivity contribution is 6.30. The van der Waals surface area contributed by atoms with E-state index in [2.05, 4.69) is 40.9 Å². The first kappa shape index (κ1) is 20.0. The smallest absolute Gasteiger partial charge is 0.118 e. The Morgan fingerprint density at radius 1 is 0.875 bits per heavy atom.